The van der Waals surface area contributed by atoms with Crippen molar-refractivity contribution in [3.63, 3.8) is 0 Å². The number of rotatable bonds is 4. The fourth-order valence-corrected chi connectivity index (χ4v) is 3.66. The molecule has 0 radical (unpaired) electrons. The maximum atomic E-state index is 5.91. The fraction of sp³-hybridized carbons (Fsp3) is 0.714. The Labute approximate surface area is 112 Å². The van der Waals surface area contributed by atoms with Gasteiger partial charge in [0.2, 0.25) is 0 Å². The van der Waals surface area contributed by atoms with E-state index in [1.165, 1.54) is 32.1 Å². The average Bonchev–Trinajstić information content (AvgIpc) is 2.76. The molecule has 3 unspecified atom stereocenters. The van der Waals surface area contributed by atoms with Crippen LogP contribution in [0.25, 0.3) is 0 Å². The second-order valence-corrected chi connectivity index (χ2v) is 6.06. The molecule has 1 aromatic heterocycles. The van der Waals surface area contributed by atoms with E-state index in [0.717, 1.165) is 22.7 Å². The van der Waals surface area contributed by atoms with Crippen LogP contribution in [0.4, 0.5) is 0 Å². The Bertz CT molecular complexity index is 350. The van der Waals surface area contributed by atoms with Gasteiger partial charge in [-0.25, -0.2) is 0 Å². The van der Waals surface area contributed by atoms with Gasteiger partial charge in [-0.15, -0.1) is 0 Å². The van der Waals surface area contributed by atoms with Gasteiger partial charge in [0.25, 0.3) is 0 Å². The molecular formula is C14H22BrNO. The zero-order valence-electron chi connectivity index (χ0n) is 10.5. The van der Waals surface area contributed by atoms with E-state index in [1.807, 2.05) is 6.07 Å². The quantitative estimate of drug-likeness (QED) is 0.900. The van der Waals surface area contributed by atoms with Crippen molar-refractivity contribution >= 4 is 15.9 Å². The normalized spacial score (nSPS) is 29.5. The molecule has 0 bridgehead atoms. The number of hydrogen-bond donors (Lipinski definition) is 1. The van der Waals surface area contributed by atoms with Crippen molar-refractivity contribution in [2.24, 2.45) is 17.6 Å². The van der Waals surface area contributed by atoms with Gasteiger partial charge in [0.05, 0.1) is 10.7 Å². The summed E-state index contributed by atoms with van der Waals surface area (Å²) in [5.74, 6) is 3.06. The molecule has 2 nitrogen and oxygen atoms in total. The summed E-state index contributed by atoms with van der Waals surface area (Å²) in [4.78, 5) is 0. The van der Waals surface area contributed by atoms with Gasteiger partial charge >= 0.3 is 0 Å². The van der Waals surface area contributed by atoms with Crippen molar-refractivity contribution in [3.8, 4) is 0 Å². The van der Waals surface area contributed by atoms with E-state index in [9.17, 15) is 0 Å². The first-order valence-corrected chi connectivity index (χ1v) is 7.48. The van der Waals surface area contributed by atoms with E-state index in [1.54, 1.807) is 6.26 Å². The highest BCUT2D eigenvalue weighted by molar-refractivity contribution is 9.10. The van der Waals surface area contributed by atoms with Gasteiger partial charge in [0, 0.05) is 5.92 Å². The van der Waals surface area contributed by atoms with Crippen LogP contribution in [0.15, 0.2) is 21.2 Å². The third-order valence-electron chi connectivity index (χ3n) is 4.08. The molecule has 3 heteroatoms. The topological polar surface area (TPSA) is 39.2 Å². The SMILES string of the molecule is CCCC1CCC(CN)C(c2occc2Br)C1. The van der Waals surface area contributed by atoms with Crippen LogP contribution in [0.1, 0.15) is 50.7 Å². The van der Waals surface area contributed by atoms with Gasteiger partial charge < -0.3 is 10.2 Å². The summed E-state index contributed by atoms with van der Waals surface area (Å²) >= 11 is 3.58. The molecule has 2 rings (SSSR count). The van der Waals surface area contributed by atoms with Crippen LogP contribution in [-0.2, 0) is 0 Å². The number of halogens is 1. The molecule has 1 saturated carbocycles. The smallest absolute Gasteiger partial charge is 0.121 e. The monoisotopic (exact) mass is 299 g/mol. The molecule has 96 valence electrons. The van der Waals surface area contributed by atoms with E-state index >= 15 is 0 Å². The molecule has 3 atom stereocenters. The Hall–Kier alpha value is -0.280. The minimum Gasteiger partial charge on any atom is -0.468 e. The lowest BCUT2D eigenvalue weighted by Gasteiger charge is -2.34. The highest BCUT2D eigenvalue weighted by Gasteiger charge is 2.33. The molecule has 2 N–H and O–H groups in total. The molecule has 0 aromatic carbocycles. The second-order valence-electron chi connectivity index (χ2n) is 5.20. The van der Waals surface area contributed by atoms with Crippen LogP contribution in [0.3, 0.4) is 0 Å². The van der Waals surface area contributed by atoms with Crippen molar-refractivity contribution in [1.29, 1.82) is 0 Å². The van der Waals surface area contributed by atoms with E-state index in [-0.39, 0.29) is 0 Å². The summed E-state index contributed by atoms with van der Waals surface area (Å²) in [5, 5.41) is 0. The van der Waals surface area contributed by atoms with Crippen molar-refractivity contribution < 1.29 is 4.42 Å². The summed E-state index contributed by atoms with van der Waals surface area (Å²) in [5.41, 5.74) is 5.91. The molecule has 1 heterocycles. The van der Waals surface area contributed by atoms with Crippen LogP contribution in [0.5, 0.6) is 0 Å². The van der Waals surface area contributed by atoms with Gasteiger partial charge in [0.1, 0.15) is 5.76 Å². The van der Waals surface area contributed by atoms with Gasteiger partial charge in [-0.1, -0.05) is 26.2 Å². The van der Waals surface area contributed by atoms with E-state index in [4.69, 9.17) is 10.2 Å². The molecule has 1 aliphatic rings. The molecule has 1 aliphatic carbocycles. The lowest BCUT2D eigenvalue weighted by atomic mass is 9.72. The summed E-state index contributed by atoms with van der Waals surface area (Å²) in [6.45, 7) is 3.05. The lowest BCUT2D eigenvalue weighted by molar-refractivity contribution is 0.208. The predicted octanol–water partition coefficient (Wildman–Crippen LogP) is 4.30. The maximum Gasteiger partial charge on any atom is 0.121 e. The Morgan fingerprint density at radius 2 is 2.29 bits per heavy atom. The number of furan rings is 1. The van der Waals surface area contributed by atoms with Crippen molar-refractivity contribution in [3.05, 3.63) is 22.6 Å². The van der Waals surface area contributed by atoms with Crippen molar-refractivity contribution in [2.75, 3.05) is 6.54 Å². The van der Waals surface area contributed by atoms with Gasteiger partial charge in [-0.2, -0.15) is 0 Å². The Morgan fingerprint density at radius 1 is 1.47 bits per heavy atom. The van der Waals surface area contributed by atoms with Gasteiger partial charge in [-0.05, 0) is 53.2 Å². The maximum absolute atomic E-state index is 5.91. The van der Waals surface area contributed by atoms with Crippen LogP contribution in [-0.4, -0.2) is 6.54 Å². The zero-order chi connectivity index (χ0) is 12.3. The van der Waals surface area contributed by atoms with E-state index in [2.05, 4.69) is 22.9 Å². The largest absolute Gasteiger partial charge is 0.468 e. The highest BCUT2D eigenvalue weighted by Crippen LogP contribution is 2.44. The predicted molar refractivity (Wildman–Crippen MR) is 73.9 cm³/mol. The molecule has 1 aromatic rings. The third-order valence-corrected chi connectivity index (χ3v) is 4.74. The summed E-state index contributed by atoms with van der Waals surface area (Å²) in [6, 6.07) is 1.99. The van der Waals surface area contributed by atoms with Crippen molar-refractivity contribution in [1.82, 2.24) is 0 Å². The highest BCUT2D eigenvalue weighted by atomic mass is 79.9. The Morgan fingerprint density at radius 3 is 2.88 bits per heavy atom. The average molecular weight is 300 g/mol. The number of hydrogen-bond acceptors (Lipinski definition) is 2. The van der Waals surface area contributed by atoms with Gasteiger partial charge in [-0.3, -0.25) is 0 Å². The molecule has 1 fully saturated rings. The first kappa shape index (κ1) is 13.2. The Kier molecular flexibility index (Phi) is 4.69. The Balaban J connectivity index is 2.13. The fourth-order valence-electron chi connectivity index (χ4n) is 3.16. The zero-order valence-corrected chi connectivity index (χ0v) is 12.1. The van der Waals surface area contributed by atoms with Crippen molar-refractivity contribution in [2.45, 2.75) is 44.9 Å². The standard InChI is InChI=1S/C14H22BrNO/c1-2-3-10-4-5-11(9-16)12(8-10)14-13(15)6-7-17-14/h6-7,10-12H,2-5,8-9,16H2,1H3. The summed E-state index contributed by atoms with van der Waals surface area (Å²) in [7, 11) is 0. The van der Waals surface area contributed by atoms with Gasteiger partial charge in [0.15, 0.2) is 0 Å². The minimum atomic E-state index is 0.509. The van der Waals surface area contributed by atoms with E-state index in [0.29, 0.717) is 11.8 Å². The van der Waals surface area contributed by atoms with Crippen LogP contribution >= 0.6 is 15.9 Å². The lowest BCUT2D eigenvalue weighted by Crippen LogP contribution is -2.29. The second kappa shape index (κ2) is 6.05. The molecule has 17 heavy (non-hydrogen) atoms. The summed E-state index contributed by atoms with van der Waals surface area (Å²) < 4.78 is 6.77. The third kappa shape index (κ3) is 2.94. The molecule has 0 aliphatic heterocycles. The molecule has 0 spiro atoms. The number of nitrogens with two attached hydrogens (primary N) is 1. The summed E-state index contributed by atoms with van der Waals surface area (Å²) in [6.07, 6.45) is 8.22. The minimum absolute atomic E-state index is 0.509. The first-order valence-electron chi connectivity index (χ1n) is 6.69. The molecule has 0 amide bonds. The van der Waals surface area contributed by atoms with E-state index < -0.39 is 0 Å². The molecule has 0 saturated heterocycles. The first-order chi connectivity index (χ1) is 8.26. The van der Waals surface area contributed by atoms with Crippen LogP contribution < -0.4 is 5.73 Å². The molecular weight excluding hydrogens is 278 g/mol. The van der Waals surface area contributed by atoms with Crippen LogP contribution in [0.2, 0.25) is 0 Å². The van der Waals surface area contributed by atoms with Crippen LogP contribution in [0, 0.1) is 11.8 Å².